The number of benzene rings is 1. The van der Waals surface area contributed by atoms with Gasteiger partial charge >= 0.3 is 0 Å². The molecule has 0 bridgehead atoms. The summed E-state index contributed by atoms with van der Waals surface area (Å²) in [5.41, 5.74) is 2.00. The van der Waals surface area contributed by atoms with Gasteiger partial charge in [0.15, 0.2) is 0 Å². The third kappa shape index (κ3) is 3.07. The molecule has 1 unspecified atom stereocenters. The van der Waals surface area contributed by atoms with Crippen LogP contribution in [0.5, 0.6) is 0 Å². The molecule has 0 saturated heterocycles. The van der Waals surface area contributed by atoms with Gasteiger partial charge in [0.25, 0.3) is 0 Å². The zero-order valence-electron chi connectivity index (χ0n) is 11.7. The van der Waals surface area contributed by atoms with E-state index in [4.69, 9.17) is 0 Å². The van der Waals surface area contributed by atoms with Gasteiger partial charge in [-0.3, -0.25) is 0 Å². The Hall–Kier alpha value is -1.13. The van der Waals surface area contributed by atoms with Gasteiger partial charge in [0.2, 0.25) is 0 Å². The van der Waals surface area contributed by atoms with Crippen LogP contribution in [0.25, 0.3) is 0 Å². The highest BCUT2D eigenvalue weighted by Crippen LogP contribution is 2.34. The fourth-order valence-corrected chi connectivity index (χ4v) is 2.60. The zero-order chi connectivity index (χ0) is 13.8. The number of aliphatic hydroxyl groups is 1. The van der Waals surface area contributed by atoms with Crippen LogP contribution in [0.4, 0.5) is 10.1 Å². The van der Waals surface area contributed by atoms with Crippen molar-refractivity contribution in [2.24, 2.45) is 0 Å². The summed E-state index contributed by atoms with van der Waals surface area (Å²) in [4.78, 5) is 2.23. The lowest BCUT2D eigenvalue weighted by Crippen LogP contribution is -2.42. The molecule has 0 aliphatic heterocycles. The van der Waals surface area contributed by atoms with Crippen molar-refractivity contribution in [1.82, 2.24) is 5.32 Å². The number of nitrogens with one attached hydrogen (secondary N) is 1. The highest BCUT2D eigenvalue weighted by atomic mass is 19.1. The number of nitrogens with zero attached hydrogens (tertiary/aromatic N) is 1. The molecule has 0 radical (unpaired) electrons. The molecule has 1 aliphatic rings. The fourth-order valence-electron chi connectivity index (χ4n) is 2.60. The zero-order valence-corrected chi connectivity index (χ0v) is 11.7. The van der Waals surface area contributed by atoms with Crippen molar-refractivity contribution in [3.05, 3.63) is 29.6 Å². The molecule has 0 amide bonds. The second-order valence-corrected chi connectivity index (χ2v) is 5.22. The monoisotopic (exact) mass is 266 g/mol. The van der Waals surface area contributed by atoms with Gasteiger partial charge in [-0.25, -0.2) is 4.39 Å². The predicted molar refractivity (Wildman–Crippen MR) is 75.9 cm³/mol. The molecule has 1 aliphatic carbocycles. The third-order valence-corrected chi connectivity index (χ3v) is 4.05. The molecule has 1 fully saturated rings. The molecule has 4 heteroatoms. The number of aliphatic hydroxyl groups excluding tert-OH is 1. The van der Waals surface area contributed by atoms with E-state index in [-0.39, 0.29) is 18.5 Å². The summed E-state index contributed by atoms with van der Waals surface area (Å²) >= 11 is 0. The SMILES string of the molecule is CNC(C)c1cc(F)ccc1N(CCO)C1CCC1. The fraction of sp³-hybridized carbons (Fsp3) is 0.600. The van der Waals surface area contributed by atoms with E-state index < -0.39 is 0 Å². The van der Waals surface area contributed by atoms with Crippen LogP contribution in [-0.2, 0) is 0 Å². The van der Waals surface area contributed by atoms with Crippen molar-refractivity contribution in [2.75, 3.05) is 25.1 Å². The van der Waals surface area contributed by atoms with Crippen LogP contribution >= 0.6 is 0 Å². The second kappa shape index (κ2) is 6.35. The smallest absolute Gasteiger partial charge is 0.123 e. The largest absolute Gasteiger partial charge is 0.395 e. The van der Waals surface area contributed by atoms with Crippen LogP contribution in [0.3, 0.4) is 0 Å². The summed E-state index contributed by atoms with van der Waals surface area (Å²) in [6.45, 7) is 2.76. The number of rotatable bonds is 6. The van der Waals surface area contributed by atoms with Crippen LogP contribution in [-0.4, -0.2) is 31.3 Å². The van der Waals surface area contributed by atoms with Gasteiger partial charge in [0.05, 0.1) is 6.61 Å². The van der Waals surface area contributed by atoms with Crippen molar-refractivity contribution in [3.63, 3.8) is 0 Å². The Morgan fingerprint density at radius 1 is 1.47 bits per heavy atom. The summed E-state index contributed by atoms with van der Waals surface area (Å²) in [6.07, 6.45) is 3.56. The lowest BCUT2D eigenvalue weighted by atomic mass is 9.90. The topological polar surface area (TPSA) is 35.5 Å². The average Bonchev–Trinajstić information content (AvgIpc) is 2.35. The Morgan fingerprint density at radius 3 is 2.74 bits per heavy atom. The minimum Gasteiger partial charge on any atom is -0.395 e. The number of anilines is 1. The minimum atomic E-state index is -0.210. The molecule has 1 atom stereocenters. The van der Waals surface area contributed by atoms with Crippen molar-refractivity contribution >= 4 is 5.69 Å². The lowest BCUT2D eigenvalue weighted by Gasteiger charge is -2.40. The van der Waals surface area contributed by atoms with Crippen molar-refractivity contribution in [1.29, 1.82) is 0 Å². The normalized spacial score (nSPS) is 17.1. The quantitative estimate of drug-likeness (QED) is 0.830. The molecule has 0 spiro atoms. The molecule has 0 heterocycles. The molecular weight excluding hydrogens is 243 g/mol. The Balaban J connectivity index is 2.34. The maximum Gasteiger partial charge on any atom is 0.123 e. The average molecular weight is 266 g/mol. The van der Waals surface area contributed by atoms with Gasteiger partial charge in [0, 0.05) is 24.3 Å². The number of halogens is 1. The molecule has 1 aromatic rings. The van der Waals surface area contributed by atoms with E-state index in [1.165, 1.54) is 12.5 Å². The van der Waals surface area contributed by atoms with E-state index in [0.717, 1.165) is 24.1 Å². The van der Waals surface area contributed by atoms with Gasteiger partial charge in [-0.1, -0.05) is 0 Å². The number of hydrogen-bond donors (Lipinski definition) is 2. The van der Waals surface area contributed by atoms with Gasteiger partial charge in [-0.15, -0.1) is 0 Å². The van der Waals surface area contributed by atoms with E-state index in [2.05, 4.69) is 10.2 Å². The Morgan fingerprint density at radius 2 is 2.21 bits per heavy atom. The first kappa shape index (κ1) is 14.3. The number of hydrogen-bond acceptors (Lipinski definition) is 3. The Labute approximate surface area is 114 Å². The first-order chi connectivity index (χ1) is 9.17. The van der Waals surface area contributed by atoms with E-state index in [1.807, 2.05) is 20.0 Å². The van der Waals surface area contributed by atoms with Gasteiger partial charge in [-0.2, -0.15) is 0 Å². The predicted octanol–water partition coefficient (Wildman–Crippen LogP) is 2.46. The molecular formula is C15H23FN2O. The van der Waals surface area contributed by atoms with Gasteiger partial charge in [0.1, 0.15) is 5.82 Å². The van der Waals surface area contributed by atoms with Crippen LogP contribution < -0.4 is 10.2 Å². The van der Waals surface area contributed by atoms with Crippen LogP contribution in [0, 0.1) is 5.82 Å². The van der Waals surface area contributed by atoms with E-state index in [0.29, 0.717) is 12.6 Å². The summed E-state index contributed by atoms with van der Waals surface area (Å²) < 4.78 is 13.5. The van der Waals surface area contributed by atoms with E-state index in [9.17, 15) is 9.50 Å². The van der Waals surface area contributed by atoms with Crippen LogP contribution in [0.1, 0.15) is 37.8 Å². The van der Waals surface area contributed by atoms with Crippen LogP contribution in [0.2, 0.25) is 0 Å². The molecule has 106 valence electrons. The van der Waals surface area contributed by atoms with E-state index in [1.54, 1.807) is 6.07 Å². The molecule has 2 N–H and O–H groups in total. The first-order valence-corrected chi connectivity index (χ1v) is 7.01. The molecule has 1 saturated carbocycles. The Bertz CT molecular complexity index is 421. The van der Waals surface area contributed by atoms with E-state index >= 15 is 0 Å². The van der Waals surface area contributed by atoms with Crippen molar-refractivity contribution < 1.29 is 9.50 Å². The second-order valence-electron chi connectivity index (χ2n) is 5.22. The third-order valence-electron chi connectivity index (χ3n) is 4.05. The maximum atomic E-state index is 13.5. The summed E-state index contributed by atoms with van der Waals surface area (Å²) in [7, 11) is 1.87. The first-order valence-electron chi connectivity index (χ1n) is 7.01. The summed E-state index contributed by atoms with van der Waals surface area (Å²) in [6, 6.07) is 5.52. The molecule has 1 aromatic carbocycles. The Kier molecular flexibility index (Phi) is 4.77. The standard InChI is InChI=1S/C15H23FN2O/c1-11(17-2)14-10-12(16)6-7-15(14)18(8-9-19)13-4-3-5-13/h6-7,10-11,13,17,19H,3-5,8-9H2,1-2H3. The lowest BCUT2D eigenvalue weighted by molar-refractivity contribution is 0.283. The summed E-state index contributed by atoms with van der Waals surface area (Å²) in [5, 5.41) is 12.4. The van der Waals surface area contributed by atoms with Crippen molar-refractivity contribution in [2.45, 2.75) is 38.3 Å². The van der Waals surface area contributed by atoms with Gasteiger partial charge in [-0.05, 0) is 57.0 Å². The summed E-state index contributed by atoms with van der Waals surface area (Å²) in [5.74, 6) is -0.210. The molecule has 19 heavy (non-hydrogen) atoms. The maximum absolute atomic E-state index is 13.5. The molecule has 2 rings (SSSR count). The minimum absolute atomic E-state index is 0.0898. The van der Waals surface area contributed by atoms with Crippen LogP contribution in [0.15, 0.2) is 18.2 Å². The highest BCUT2D eigenvalue weighted by Gasteiger charge is 2.27. The van der Waals surface area contributed by atoms with Gasteiger partial charge < -0.3 is 15.3 Å². The molecule has 0 aromatic heterocycles. The highest BCUT2D eigenvalue weighted by molar-refractivity contribution is 5.56. The molecule has 3 nitrogen and oxygen atoms in total. The van der Waals surface area contributed by atoms with Crippen molar-refractivity contribution in [3.8, 4) is 0 Å².